The van der Waals surface area contributed by atoms with E-state index in [9.17, 15) is 44.7 Å². The molecule has 4 rings (SSSR count). The number of likely N-dealkylation sites (tertiary alicyclic amines) is 1. The van der Waals surface area contributed by atoms with Gasteiger partial charge in [-0.3, -0.25) is 9.59 Å². The quantitative estimate of drug-likeness (QED) is 0.372. The van der Waals surface area contributed by atoms with Crippen LogP contribution in [0.25, 0.3) is 10.4 Å². The maximum Gasteiger partial charge on any atom is 0.406 e. The summed E-state index contributed by atoms with van der Waals surface area (Å²) in [5, 5.41) is 2.51. The van der Waals surface area contributed by atoms with E-state index in [-0.39, 0.29) is 40.7 Å². The van der Waals surface area contributed by atoms with Gasteiger partial charge in [0.2, 0.25) is 0 Å². The number of hydrogen-bond acceptors (Lipinski definition) is 4. The fourth-order valence-corrected chi connectivity index (χ4v) is 5.67. The second-order valence-electron chi connectivity index (χ2n) is 10.0. The van der Waals surface area contributed by atoms with Crippen LogP contribution in [0.2, 0.25) is 0 Å². The van der Waals surface area contributed by atoms with Crippen molar-refractivity contribution < 1.29 is 44.7 Å². The lowest BCUT2D eigenvalue weighted by Crippen LogP contribution is -2.51. The van der Waals surface area contributed by atoms with Gasteiger partial charge in [-0.15, -0.1) is 11.3 Å². The molecule has 1 aliphatic heterocycles. The number of hydrogen-bond donors (Lipinski definition) is 1. The molecule has 2 heterocycles. The minimum absolute atomic E-state index is 0.110. The number of carbonyl (C=O) groups excluding carboxylic acids is 2. The van der Waals surface area contributed by atoms with E-state index in [4.69, 9.17) is 0 Å². The van der Waals surface area contributed by atoms with E-state index < -0.39 is 52.7 Å². The third kappa shape index (κ3) is 5.23. The van der Waals surface area contributed by atoms with Crippen molar-refractivity contribution in [2.45, 2.75) is 82.2 Å². The highest BCUT2D eigenvalue weighted by Crippen LogP contribution is 2.53. The first-order chi connectivity index (χ1) is 18.1. The second-order valence-corrected chi connectivity index (χ2v) is 11.0. The van der Waals surface area contributed by atoms with Gasteiger partial charge in [-0.25, -0.2) is 13.8 Å². The van der Waals surface area contributed by atoms with E-state index in [1.54, 1.807) is 6.92 Å². The summed E-state index contributed by atoms with van der Waals surface area (Å²) in [5.74, 6) is -1.30. The first-order valence-electron chi connectivity index (χ1n) is 12.2. The number of nitrogens with one attached hydrogen (secondary N) is 1. The Bertz CT molecular complexity index is 1240. The number of thiazole rings is 1. The molecule has 1 aliphatic carbocycles. The molecule has 2 fully saturated rings. The SMILES string of the molecule is C[C@H]1CCCN1C(=O)c1nc(C(=O)NC2CCC2)sc1-c1ccc(C(C)(C(F)(F)F)C(F)(F)F)cc1C(F)F. The maximum absolute atomic E-state index is 14.2. The molecule has 14 heteroatoms. The van der Waals surface area contributed by atoms with E-state index in [2.05, 4.69) is 10.3 Å². The fourth-order valence-electron chi connectivity index (χ4n) is 4.66. The van der Waals surface area contributed by atoms with Crippen LogP contribution in [0.3, 0.4) is 0 Å². The number of halogens is 8. The lowest BCUT2D eigenvalue weighted by molar-refractivity contribution is -0.297. The largest absolute Gasteiger partial charge is 0.406 e. The number of alkyl halides is 8. The van der Waals surface area contributed by atoms with Crippen molar-refractivity contribution in [1.29, 1.82) is 0 Å². The predicted octanol–water partition coefficient (Wildman–Crippen LogP) is 7.04. The molecule has 2 aliphatic rings. The van der Waals surface area contributed by atoms with Crippen molar-refractivity contribution in [2.24, 2.45) is 0 Å². The molecule has 1 atom stereocenters. The zero-order valence-corrected chi connectivity index (χ0v) is 21.7. The number of benzene rings is 1. The summed E-state index contributed by atoms with van der Waals surface area (Å²) in [6, 6.07) is 1.03. The molecular weight excluding hydrogens is 558 g/mol. The highest BCUT2D eigenvalue weighted by molar-refractivity contribution is 7.17. The van der Waals surface area contributed by atoms with Crippen LogP contribution in [0.15, 0.2) is 18.2 Å². The van der Waals surface area contributed by atoms with Gasteiger partial charge < -0.3 is 10.2 Å². The summed E-state index contributed by atoms with van der Waals surface area (Å²) >= 11 is 0.593. The highest BCUT2D eigenvalue weighted by Gasteiger charge is 2.68. The van der Waals surface area contributed by atoms with Crippen molar-refractivity contribution in [2.75, 3.05) is 6.54 Å². The van der Waals surface area contributed by atoms with Gasteiger partial charge in [0.05, 0.1) is 4.88 Å². The fraction of sp³-hybridized carbons (Fsp3) is 0.560. The second kappa shape index (κ2) is 10.3. The van der Waals surface area contributed by atoms with Crippen molar-refractivity contribution in [3.05, 3.63) is 40.0 Å². The monoisotopic (exact) mass is 583 g/mol. The van der Waals surface area contributed by atoms with Gasteiger partial charge in [0.15, 0.2) is 10.4 Å². The summed E-state index contributed by atoms with van der Waals surface area (Å²) < 4.78 is 110. The molecule has 5 nitrogen and oxygen atoms in total. The summed E-state index contributed by atoms with van der Waals surface area (Å²) in [6.45, 7) is 2.00. The highest BCUT2D eigenvalue weighted by atomic mass is 32.1. The number of aromatic nitrogens is 1. The third-order valence-corrected chi connectivity index (χ3v) is 8.61. The van der Waals surface area contributed by atoms with Crippen molar-refractivity contribution in [3.8, 4) is 10.4 Å². The molecule has 0 spiro atoms. The van der Waals surface area contributed by atoms with E-state index in [1.165, 1.54) is 4.90 Å². The van der Waals surface area contributed by atoms with E-state index in [1.807, 2.05) is 0 Å². The Kier molecular flexibility index (Phi) is 7.74. The molecule has 2 amide bonds. The van der Waals surface area contributed by atoms with Crippen molar-refractivity contribution in [3.63, 3.8) is 0 Å². The number of amides is 2. The summed E-state index contributed by atoms with van der Waals surface area (Å²) in [4.78, 5) is 31.6. The molecule has 2 aromatic rings. The molecule has 39 heavy (non-hydrogen) atoms. The zero-order valence-electron chi connectivity index (χ0n) is 20.8. The lowest BCUT2D eigenvalue weighted by Gasteiger charge is -2.34. The number of carbonyl (C=O) groups is 2. The van der Waals surface area contributed by atoms with Crippen LogP contribution in [0.4, 0.5) is 35.1 Å². The average molecular weight is 584 g/mol. The molecule has 0 bridgehead atoms. The van der Waals surface area contributed by atoms with Crippen LogP contribution >= 0.6 is 11.3 Å². The average Bonchev–Trinajstić information content (AvgIpc) is 3.45. The van der Waals surface area contributed by atoms with Gasteiger partial charge in [0.1, 0.15) is 5.69 Å². The Hall–Kier alpha value is -2.77. The van der Waals surface area contributed by atoms with E-state index in [0.29, 0.717) is 42.9 Å². The number of nitrogens with zero attached hydrogens (tertiary/aromatic N) is 2. The molecule has 1 aromatic heterocycles. The standard InChI is InChI=1S/C25H25F8N3O2S/c1-12-5-4-10-36(12)22(38)17-18(39-21(35-17)20(37)34-14-6-3-7-14)15-9-8-13(11-16(15)19(26)27)23(2,24(28,29)30)25(31,32)33/h8-9,11-12,14,19H,3-7,10H2,1-2H3,(H,34,37)/t12-/m0/s1. The molecule has 1 N–H and O–H groups in total. The van der Waals surface area contributed by atoms with Crippen molar-refractivity contribution in [1.82, 2.24) is 15.2 Å². The molecule has 0 unspecified atom stereocenters. The van der Waals surface area contributed by atoms with Crippen LogP contribution in [-0.4, -0.2) is 52.7 Å². The molecule has 214 valence electrons. The topological polar surface area (TPSA) is 62.3 Å². The lowest BCUT2D eigenvalue weighted by atomic mass is 9.79. The summed E-state index contributed by atoms with van der Waals surface area (Å²) in [7, 11) is 0. The molecule has 1 aromatic carbocycles. The van der Waals surface area contributed by atoms with Crippen LogP contribution < -0.4 is 5.32 Å². The Morgan fingerprint density at radius 2 is 1.69 bits per heavy atom. The predicted molar refractivity (Wildman–Crippen MR) is 127 cm³/mol. The van der Waals surface area contributed by atoms with E-state index in [0.717, 1.165) is 19.3 Å². The van der Waals surface area contributed by atoms with Gasteiger partial charge >= 0.3 is 12.4 Å². The summed E-state index contributed by atoms with van der Waals surface area (Å²) in [5.41, 5.74) is -7.79. The third-order valence-electron chi connectivity index (χ3n) is 7.52. The van der Waals surface area contributed by atoms with Gasteiger partial charge in [0, 0.05) is 29.8 Å². The summed E-state index contributed by atoms with van der Waals surface area (Å²) in [6.07, 6.45) is -11.5. The van der Waals surface area contributed by atoms with Crippen LogP contribution in [0, 0.1) is 0 Å². The zero-order chi connectivity index (χ0) is 28.9. The Morgan fingerprint density at radius 1 is 1.05 bits per heavy atom. The van der Waals surface area contributed by atoms with E-state index >= 15 is 0 Å². The Labute approximate surface area is 222 Å². The minimum Gasteiger partial charge on any atom is -0.347 e. The normalized spacial score (nSPS) is 18.9. The number of rotatable bonds is 6. The van der Waals surface area contributed by atoms with Crippen LogP contribution in [0.1, 0.15) is 83.8 Å². The van der Waals surface area contributed by atoms with Crippen LogP contribution in [-0.2, 0) is 5.41 Å². The smallest absolute Gasteiger partial charge is 0.347 e. The molecule has 0 radical (unpaired) electrons. The van der Waals surface area contributed by atoms with Crippen LogP contribution in [0.5, 0.6) is 0 Å². The molecule has 1 saturated carbocycles. The Balaban J connectivity index is 1.86. The van der Waals surface area contributed by atoms with Gasteiger partial charge in [0.25, 0.3) is 18.2 Å². The van der Waals surface area contributed by atoms with Gasteiger partial charge in [-0.05, 0) is 57.6 Å². The minimum atomic E-state index is -5.84. The van der Waals surface area contributed by atoms with Crippen molar-refractivity contribution >= 4 is 23.2 Å². The molecular formula is C25H25F8N3O2S. The van der Waals surface area contributed by atoms with Gasteiger partial charge in [-0.2, -0.15) is 26.3 Å². The maximum atomic E-state index is 14.2. The first-order valence-corrected chi connectivity index (χ1v) is 13.1. The van der Waals surface area contributed by atoms with Gasteiger partial charge in [-0.1, -0.05) is 12.1 Å². The molecule has 1 saturated heterocycles. The first kappa shape index (κ1) is 29.2. The Morgan fingerprint density at radius 3 is 2.18 bits per heavy atom.